The summed E-state index contributed by atoms with van der Waals surface area (Å²) in [6.45, 7) is 9.42. The fourth-order valence-electron chi connectivity index (χ4n) is 3.83. The van der Waals surface area contributed by atoms with Crippen molar-refractivity contribution >= 4 is 0 Å². The Kier molecular flexibility index (Phi) is 2.42. The molecule has 1 aliphatic heterocycles. The monoisotopic (exact) mass is 196 g/mol. The van der Waals surface area contributed by atoms with Crippen LogP contribution < -0.4 is 0 Å². The highest BCUT2D eigenvalue weighted by atomic mass is 16.5. The number of ether oxygens (including phenoxy) is 1. The first-order valence-electron chi connectivity index (χ1n) is 6.12. The Morgan fingerprint density at radius 3 is 2.50 bits per heavy atom. The van der Waals surface area contributed by atoms with E-state index >= 15 is 0 Å². The van der Waals surface area contributed by atoms with Gasteiger partial charge in [-0.1, -0.05) is 20.3 Å². The van der Waals surface area contributed by atoms with Crippen LogP contribution in [0, 0.1) is 11.3 Å². The quantitative estimate of drug-likeness (QED) is 0.573. The van der Waals surface area contributed by atoms with Crippen LogP contribution in [0.2, 0.25) is 0 Å². The minimum Gasteiger partial charge on any atom is -0.372 e. The molecule has 1 heterocycles. The van der Waals surface area contributed by atoms with Gasteiger partial charge in [-0.15, -0.1) is 0 Å². The third-order valence-corrected chi connectivity index (χ3v) is 4.51. The van der Waals surface area contributed by atoms with E-state index in [-0.39, 0.29) is 5.60 Å². The molecule has 2 aliphatic rings. The van der Waals surface area contributed by atoms with Crippen molar-refractivity contribution in [2.24, 2.45) is 11.3 Å². The maximum absolute atomic E-state index is 6.21. The SMILES string of the molecule is C[C@H]1CC[C@H]2C(C)(C)CCC[C@@]2(C)O1. The number of hydrogen-bond donors (Lipinski definition) is 0. The Morgan fingerprint density at radius 1 is 1.07 bits per heavy atom. The van der Waals surface area contributed by atoms with Crippen LogP contribution in [0.15, 0.2) is 0 Å². The van der Waals surface area contributed by atoms with Crippen LogP contribution in [0.4, 0.5) is 0 Å². The molecule has 0 aromatic carbocycles. The molecule has 1 saturated carbocycles. The van der Waals surface area contributed by atoms with Gasteiger partial charge in [-0.25, -0.2) is 0 Å². The zero-order valence-corrected chi connectivity index (χ0v) is 10.1. The normalized spacial score (nSPS) is 47.1. The molecule has 1 saturated heterocycles. The molecule has 0 bridgehead atoms. The number of hydrogen-bond acceptors (Lipinski definition) is 1. The molecule has 0 radical (unpaired) electrons. The van der Waals surface area contributed by atoms with E-state index in [1.54, 1.807) is 0 Å². The maximum Gasteiger partial charge on any atom is 0.0691 e. The van der Waals surface area contributed by atoms with Gasteiger partial charge in [0.05, 0.1) is 11.7 Å². The third-order valence-electron chi connectivity index (χ3n) is 4.51. The van der Waals surface area contributed by atoms with Crippen LogP contribution in [0.5, 0.6) is 0 Å². The summed E-state index contributed by atoms with van der Waals surface area (Å²) in [4.78, 5) is 0. The first-order valence-corrected chi connectivity index (χ1v) is 6.12. The van der Waals surface area contributed by atoms with E-state index in [4.69, 9.17) is 4.74 Å². The minimum absolute atomic E-state index is 0.180. The summed E-state index contributed by atoms with van der Waals surface area (Å²) >= 11 is 0. The Hall–Kier alpha value is -0.0400. The number of rotatable bonds is 0. The molecule has 14 heavy (non-hydrogen) atoms. The molecule has 0 aromatic rings. The molecular formula is C13H24O. The van der Waals surface area contributed by atoms with E-state index in [1.807, 2.05) is 0 Å². The summed E-state index contributed by atoms with van der Waals surface area (Å²) in [5.74, 6) is 0.778. The summed E-state index contributed by atoms with van der Waals surface area (Å²) in [6.07, 6.45) is 7.09. The summed E-state index contributed by atoms with van der Waals surface area (Å²) in [7, 11) is 0. The van der Waals surface area contributed by atoms with Gasteiger partial charge in [0, 0.05) is 0 Å². The predicted molar refractivity (Wildman–Crippen MR) is 59.3 cm³/mol. The lowest BCUT2D eigenvalue weighted by molar-refractivity contribution is -0.193. The van der Waals surface area contributed by atoms with Crippen LogP contribution in [0.1, 0.15) is 59.8 Å². The lowest BCUT2D eigenvalue weighted by Crippen LogP contribution is -2.53. The molecule has 2 fully saturated rings. The van der Waals surface area contributed by atoms with Crippen LogP contribution in [0.3, 0.4) is 0 Å². The summed E-state index contributed by atoms with van der Waals surface area (Å²) < 4.78 is 6.21. The van der Waals surface area contributed by atoms with Crippen molar-refractivity contribution in [3.63, 3.8) is 0 Å². The van der Waals surface area contributed by atoms with Crippen molar-refractivity contribution in [1.29, 1.82) is 0 Å². The van der Waals surface area contributed by atoms with E-state index < -0.39 is 0 Å². The maximum atomic E-state index is 6.21. The molecule has 3 atom stereocenters. The van der Waals surface area contributed by atoms with Crippen LogP contribution in [-0.2, 0) is 4.74 Å². The average molecular weight is 196 g/mol. The highest BCUT2D eigenvalue weighted by Crippen LogP contribution is 2.52. The highest BCUT2D eigenvalue weighted by molar-refractivity contribution is 4.99. The highest BCUT2D eigenvalue weighted by Gasteiger charge is 2.49. The predicted octanol–water partition coefficient (Wildman–Crippen LogP) is 3.77. The van der Waals surface area contributed by atoms with Crippen molar-refractivity contribution in [1.82, 2.24) is 0 Å². The average Bonchev–Trinajstić information content (AvgIpc) is 2.00. The second kappa shape index (κ2) is 3.23. The van der Waals surface area contributed by atoms with Crippen molar-refractivity contribution in [3.05, 3.63) is 0 Å². The Morgan fingerprint density at radius 2 is 1.79 bits per heavy atom. The van der Waals surface area contributed by atoms with E-state index in [0.29, 0.717) is 11.5 Å². The van der Waals surface area contributed by atoms with Crippen LogP contribution in [0.25, 0.3) is 0 Å². The smallest absolute Gasteiger partial charge is 0.0691 e. The zero-order valence-electron chi connectivity index (χ0n) is 10.1. The van der Waals surface area contributed by atoms with Crippen LogP contribution in [-0.4, -0.2) is 11.7 Å². The molecule has 0 unspecified atom stereocenters. The van der Waals surface area contributed by atoms with E-state index in [1.165, 1.54) is 32.1 Å². The second-order valence-electron chi connectivity index (χ2n) is 6.21. The van der Waals surface area contributed by atoms with Gasteiger partial charge in [0.2, 0.25) is 0 Å². The van der Waals surface area contributed by atoms with Crippen molar-refractivity contribution < 1.29 is 4.74 Å². The zero-order chi connectivity index (χ0) is 10.4. The molecule has 1 nitrogen and oxygen atoms in total. The Balaban J connectivity index is 2.21. The fourth-order valence-corrected chi connectivity index (χ4v) is 3.83. The fraction of sp³-hybridized carbons (Fsp3) is 1.00. The lowest BCUT2D eigenvalue weighted by atomic mass is 9.59. The van der Waals surface area contributed by atoms with E-state index in [9.17, 15) is 0 Å². The van der Waals surface area contributed by atoms with Gasteiger partial charge in [0.25, 0.3) is 0 Å². The molecule has 0 aromatic heterocycles. The second-order valence-corrected chi connectivity index (χ2v) is 6.21. The summed E-state index contributed by atoms with van der Waals surface area (Å²) in [5, 5.41) is 0. The van der Waals surface area contributed by atoms with Crippen LogP contribution >= 0.6 is 0 Å². The molecule has 1 aliphatic carbocycles. The molecule has 1 heteroatoms. The Labute approximate surface area is 88.2 Å². The molecule has 0 N–H and O–H groups in total. The first-order chi connectivity index (χ1) is 6.44. The Bertz CT molecular complexity index is 221. The molecular weight excluding hydrogens is 172 g/mol. The summed E-state index contributed by atoms with van der Waals surface area (Å²) in [5.41, 5.74) is 0.673. The number of fused-ring (bicyclic) bond motifs is 1. The van der Waals surface area contributed by atoms with E-state index in [2.05, 4.69) is 27.7 Å². The lowest BCUT2D eigenvalue weighted by Gasteiger charge is -2.54. The molecule has 0 amide bonds. The van der Waals surface area contributed by atoms with Gasteiger partial charge in [0.15, 0.2) is 0 Å². The first kappa shape index (κ1) is 10.5. The molecule has 2 rings (SSSR count). The van der Waals surface area contributed by atoms with Gasteiger partial charge in [0.1, 0.15) is 0 Å². The van der Waals surface area contributed by atoms with Gasteiger partial charge in [-0.05, 0) is 50.9 Å². The third kappa shape index (κ3) is 1.60. The molecule has 0 spiro atoms. The summed E-state index contributed by atoms with van der Waals surface area (Å²) in [6, 6.07) is 0. The van der Waals surface area contributed by atoms with Crippen molar-refractivity contribution in [2.75, 3.05) is 0 Å². The van der Waals surface area contributed by atoms with Crippen molar-refractivity contribution in [2.45, 2.75) is 71.5 Å². The van der Waals surface area contributed by atoms with Gasteiger partial charge in [-0.3, -0.25) is 0 Å². The van der Waals surface area contributed by atoms with Gasteiger partial charge < -0.3 is 4.74 Å². The topological polar surface area (TPSA) is 9.23 Å². The van der Waals surface area contributed by atoms with Crippen molar-refractivity contribution in [3.8, 4) is 0 Å². The minimum atomic E-state index is 0.180. The van der Waals surface area contributed by atoms with E-state index in [0.717, 1.165) is 5.92 Å². The standard InChI is InChI=1S/C13H24O/c1-10-6-7-11-12(2,3)8-5-9-13(11,4)14-10/h10-11H,5-9H2,1-4H3/t10-,11-,13+/m0/s1. The van der Waals surface area contributed by atoms with Gasteiger partial charge in [-0.2, -0.15) is 0 Å². The molecule has 82 valence electrons. The largest absolute Gasteiger partial charge is 0.372 e. The van der Waals surface area contributed by atoms with Gasteiger partial charge >= 0.3 is 0 Å².